The number of unbranched alkanes of at least 4 members (excludes halogenated alkanes) is 26. The van der Waals surface area contributed by atoms with Crippen LogP contribution in [0.5, 0.6) is 0 Å². The molecule has 10 nitrogen and oxygen atoms in total. The third-order valence-electron chi connectivity index (χ3n) is 12.9. The highest BCUT2D eigenvalue weighted by atomic mass is 16.6. The van der Waals surface area contributed by atoms with E-state index in [9.17, 15) is 24.3 Å². The lowest BCUT2D eigenvalue weighted by atomic mass is 10.0. The van der Waals surface area contributed by atoms with Crippen LogP contribution in [-0.4, -0.2) is 85.5 Å². The van der Waals surface area contributed by atoms with Gasteiger partial charge in [0.15, 0.2) is 0 Å². The Morgan fingerprint density at radius 2 is 0.652 bits per heavy atom. The molecule has 3 unspecified atom stereocenters. The molecule has 0 aromatic carbocycles. The van der Waals surface area contributed by atoms with Gasteiger partial charge < -0.3 is 29.0 Å². The van der Waals surface area contributed by atoms with Crippen LogP contribution in [-0.2, 0) is 38.1 Å². The average Bonchev–Trinajstić information content (AvgIpc) is 3.29. The van der Waals surface area contributed by atoms with E-state index in [2.05, 4.69) is 27.7 Å². The Labute approximate surface area is 406 Å². The summed E-state index contributed by atoms with van der Waals surface area (Å²) in [6.07, 6.45) is 40.6. The maximum Gasteiger partial charge on any atom is 0.306 e. The molecule has 10 heteroatoms. The second kappa shape index (κ2) is 49.2. The van der Waals surface area contributed by atoms with Gasteiger partial charge in [0.2, 0.25) is 0 Å². The first-order valence-corrected chi connectivity index (χ1v) is 28.2. The number of esters is 4. The molecule has 0 aliphatic rings. The minimum Gasteiger partial charge on any atom is -0.462 e. The highest BCUT2D eigenvalue weighted by molar-refractivity contribution is 5.70. The zero-order valence-corrected chi connectivity index (χ0v) is 44.0. The second-order valence-corrected chi connectivity index (χ2v) is 19.6. The first-order valence-electron chi connectivity index (χ1n) is 28.2. The molecule has 66 heavy (non-hydrogen) atoms. The summed E-state index contributed by atoms with van der Waals surface area (Å²) in [5, 5.41) is 9.39. The van der Waals surface area contributed by atoms with Gasteiger partial charge in [0.05, 0.1) is 6.61 Å². The smallest absolute Gasteiger partial charge is 0.306 e. The third kappa shape index (κ3) is 44.3. The number of aliphatic hydroxyl groups is 1. The summed E-state index contributed by atoms with van der Waals surface area (Å²) in [5.74, 6) is -0.700. The fourth-order valence-corrected chi connectivity index (χ4v) is 8.64. The monoisotopic (exact) mass is 938 g/mol. The zero-order chi connectivity index (χ0) is 48.6. The van der Waals surface area contributed by atoms with Crippen molar-refractivity contribution in [2.75, 3.05) is 33.4 Å². The minimum absolute atomic E-state index is 0.00389. The van der Waals surface area contributed by atoms with Crippen LogP contribution in [0.25, 0.3) is 0 Å². The molecule has 0 saturated carbocycles. The van der Waals surface area contributed by atoms with Gasteiger partial charge in [-0.2, -0.15) is 0 Å². The fraction of sp³-hybridized carbons (Fsp3) is 0.929. The molecule has 0 heterocycles. The van der Waals surface area contributed by atoms with Gasteiger partial charge in [-0.3, -0.25) is 19.2 Å². The maximum absolute atomic E-state index is 12.8. The summed E-state index contributed by atoms with van der Waals surface area (Å²) in [7, 11) is 1.84. The van der Waals surface area contributed by atoms with Crippen LogP contribution in [0, 0.1) is 0 Å². The minimum atomic E-state index is -0.599. The van der Waals surface area contributed by atoms with Crippen molar-refractivity contribution in [2.45, 2.75) is 303 Å². The van der Waals surface area contributed by atoms with Crippen molar-refractivity contribution >= 4 is 23.9 Å². The molecule has 0 rings (SSSR count). The quantitative estimate of drug-likeness (QED) is 0.0357. The molecule has 0 bridgehead atoms. The summed E-state index contributed by atoms with van der Waals surface area (Å²) in [4.78, 5) is 52.6. The number of rotatable bonds is 51. The predicted octanol–water partition coefficient (Wildman–Crippen LogP) is 14.9. The average molecular weight is 938 g/mol. The van der Waals surface area contributed by atoms with Gasteiger partial charge in [0, 0.05) is 38.8 Å². The number of hydrogen-bond acceptors (Lipinski definition) is 10. The highest BCUT2D eigenvalue weighted by Crippen LogP contribution is 2.20. The predicted molar refractivity (Wildman–Crippen MR) is 273 cm³/mol. The van der Waals surface area contributed by atoms with E-state index in [0.717, 1.165) is 128 Å². The number of carbonyl (C=O) groups excluding carboxylic acids is 4. The van der Waals surface area contributed by atoms with Crippen LogP contribution in [0.15, 0.2) is 0 Å². The molecular weight excluding hydrogens is 831 g/mol. The molecule has 0 aliphatic carbocycles. The SMILES string of the molecule is CCCCCCCCC(CCCCCC)OC(=O)CCCCCCCCC(=O)OCC(CN(C)CCO)OC(=O)CCCCCCCCC(=O)OC(CCCCCC)CCCCCCCC. The van der Waals surface area contributed by atoms with E-state index in [4.69, 9.17) is 18.9 Å². The van der Waals surface area contributed by atoms with E-state index in [0.29, 0.717) is 38.8 Å². The van der Waals surface area contributed by atoms with E-state index in [1.54, 1.807) is 0 Å². The van der Waals surface area contributed by atoms with Gasteiger partial charge in [-0.05, 0) is 84.1 Å². The van der Waals surface area contributed by atoms with Gasteiger partial charge >= 0.3 is 23.9 Å². The first kappa shape index (κ1) is 63.8. The normalized spacial score (nSPS) is 12.8. The van der Waals surface area contributed by atoms with Gasteiger partial charge in [-0.15, -0.1) is 0 Å². The van der Waals surface area contributed by atoms with E-state index < -0.39 is 6.10 Å². The van der Waals surface area contributed by atoms with Crippen LogP contribution in [0.2, 0.25) is 0 Å². The van der Waals surface area contributed by atoms with Crippen molar-refractivity contribution in [3.05, 3.63) is 0 Å². The van der Waals surface area contributed by atoms with Crippen molar-refractivity contribution in [3.63, 3.8) is 0 Å². The topological polar surface area (TPSA) is 129 Å². The van der Waals surface area contributed by atoms with Gasteiger partial charge in [-0.1, -0.05) is 182 Å². The summed E-state index contributed by atoms with van der Waals surface area (Å²) < 4.78 is 23.2. The van der Waals surface area contributed by atoms with Gasteiger partial charge in [0.25, 0.3) is 0 Å². The molecule has 0 saturated heterocycles. The van der Waals surface area contributed by atoms with Crippen LogP contribution >= 0.6 is 0 Å². The number of aliphatic hydroxyl groups excluding tert-OH is 1. The molecule has 390 valence electrons. The molecule has 0 aromatic heterocycles. The molecular formula is C56H107NO9. The molecule has 0 amide bonds. The highest BCUT2D eigenvalue weighted by Gasteiger charge is 2.20. The molecule has 0 fully saturated rings. The number of ether oxygens (including phenoxy) is 4. The Hall–Kier alpha value is -2.20. The Balaban J connectivity index is 4.35. The van der Waals surface area contributed by atoms with E-state index in [1.807, 2.05) is 11.9 Å². The maximum atomic E-state index is 12.8. The van der Waals surface area contributed by atoms with E-state index >= 15 is 0 Å². The lowest BCUT2D eigenvalue weighted by molar-refractivity contribution is -0.160. The molecule has 0 radical (unpaired) electrons. The Bertz CT molecular complexity index is 1100. The number of likely N-dealkylation sites (N-methyl/N-ethyl adjacent to an activating group) is 1. The van der Waals surface area contributed by atoms with Crippen molar-refractivity contribution in [1.29, 1.82) is 0 Å². The fourth-order valence-electron chi connectivity index (χ4n) is 8.64. The van der Waals surface area contributed by atoms with Crippen LogP contribution in [0.4, 0.5) is 0 Å². The van der Waals surface area contributed by atoms with Crippen LogP contribution in [0.3, 0.4) is 0 Å². The van der Waals surface area contributed by atoms with Crippen LogP contribution < -0.4 is 0 Å². The Morgan fingerprint density at radius 1 is 0.379 bits per heavy atom. The lowest BCUT2D eigenvalue weighted by Crippen LogP contribution is -2.37. The largest absolute Gasteiger partial charge is 0.462 e. The van der Waals surface area contributed by atoms with E-state index in [-0.39, 0.29) is 49.3 Å². The molecule has 0 aromatic rings. The van der Waals surface area contributed by atoms with Crippen molar-refractivity contribution in [3.8, 4) is 0 Å². The number of carbonyl (C=O) groups is 4. The van der Waals surface area contributed by atoms with Crippen molar-refractivity contribution in [1.82, 2.24) is 4.90 Å². The molecule has 1 N–H and O–H groups in total. The van der Waals surface area contributed by atoms with Gasteiger partial charge in [0.1, 0.15) is 24.9 Å². The molecule has 3 atom stereocenters. The van der Waals surface area contributed by atoms with Gasteiger partial charge in [-0.25, -0.2) is 0 Å². The molecule has 0 aliphatic heterocycles. The summed E-state index contributed by atoms with van der Waals surface area (Å²) in [5.41, 5.74) is 0. The Morgan fingerprint density at radius 3 is 0.985 bits per heavy atom. The standard InChI is InChI=1S/C56H107NO9/c1-6-10-14-18-24-32-40-50(38-30-16-12-8-3)64-54(60)43-35-27-21-20-26-34-42-53(59)63-49-52(48-57(5)46-47-58)66-56(62)45-37-29-23-22-28-36-44-55(61)65-51(39-31-17-13-9-4)41-33-25-19-15-11-7-2/h50-52,58H,6-49H2,1-5H3. The summed E-state index contributed by atoms with van der Waals surface area (Å²) >= 11 is 0. The molecule has 0 spiro atoms. The van der Waals surface area contributed by atoms with Crippen molar-refractivity contribution < 1.29 is 43.2 Å². The second-order valence-electron chi connectivity index (χ2n) is 19.6. The van der Waals surface area contributed by atoms with E-state index in [1.165, 1.54) is 103 Å². The summed E-state index contributed by atoms with van der Waals surface area (Å²) in [6.45, 7) is 9.71. The lowest BCUT2D eigenvalue weighted by Gasteiger charge is -2.23. The van der Waals surface area contributed by atoms with Crippen LogP contribution in [0.1, 0.15) is 285 Å². The zero-order valence-electron chi connectivity index (χ0n) is 44.0. The Kier molecular flexibility index (Phi) is 47.6. The third-order valence-corrected chi connectivity index (χ3v) is 12.9. The van der Waals surface area contributed by atoms with Crippen molar-refractivity contribution in [2.24, 2.45) is 0 Å². The first-order chi connectivity index (χ1) is 32.2. The number of hydrogen-bond donors (Lipinski definition) is 1. The number of nitrogens with zero attached hydrogens (tertiary/aromatic N) is 1. The summed E-state index contributed by atoms with van der Waals surface area (Å²) in [6, 6.07) is 0.